The summed E-state index contributed by atoms with van der Waals surface area (Å²) in [5.74, 6) is 0.677. The number of fused-ring (bicyclic) bond motifs is 2. The predicted octanol–water partition coefficient (Wildman–Crippen LogP) is 2.51. The minimum Gasteiger partial charge on any atom is -0.372 e. The van der Waals surface area contributed by atoms with E-state index in [2.05, 4.69) is 35.2 Å². The minimum absolute atomic E-state index is 0.336. The second-order valence-electron chi connectivity index (χ2n) is 7.06. The maximum atomic E-state index is 6.48. The molecule has 0 radical (unpaired) electrons. The maximum Gasteiger partial charge on any atom is 0.0707 e. The van der Waals surface area contributed by atoms with E-state index in [1.807, 2.05) is 0 Å². The molecule has 3 fully saturated rings. The summed E-state index contributed by atoms with van der Waals surface area (Å²) in [4.78, 5) is 2.64. The first-order valence-corrected chi connectivity index (χ1v) is 8.49. The van der Waals surface area contributed by atoms with E-state index in [9.17, 15) is 0 Å². The number of ether oxygens (including phenoxy) is 1. The van der Waals surface area contributed by atoms with E-state index in [1.54, 1.807) is 0 Å². The molecule has 0 aromatic heterocycles. The van der Waals surface area contributed by atoms with Crippen molar-refractivity contribution in [3.8, 4) is 0 Å². The van der Waals surface area contributed by atoms with Crippen LogP contribution in [0, 0.1) is 0 Å². The SMILES string of the molecule is NC1CCC(c2ccccc2)CC1N1CC2CCC(C1)O2. The van der Waals surface area contributed by atoms with Crippen LogP contribution in [0.5, 0.6) is 0 Å². The summed E-state index contributed by atoms with van der Waals surface area (Å²) in [5, 5.41) is 0. The Morgan fingerprint density at radius 1 is 0.952 bits per heavy atom. The van der Waals surface area contributed by atoms with Gasteiger partial charge in [-0.2, -0.15) is 0 Å². The van der Waals surface area contributed by atoms with Crippen LogP contribution in [0.25, 0.3) is 0 Å². The van der Waals surface area contributed by atoms with Gasteiger partial charge in [-0.3, -0.25) is 4.90 Å². The van der Waals surface area contributed by atoms with Crippen LogP contribution in [-0.2, 0) is 4.74 Å². The van der Waals surface area contributed by atoms with Gasteiger partial charge in [0.25, 0.3) is 0 Å². The first kappa shape index (κ1) is 13.7. The van der Waals surface area contributed by atoms with Gasteiger partial charge in [0.1, 0.15) is 0 Å². The molecule has 1 aromatic rings. The van der Waals surface area contributed by atoms with E-state index < -0.39 is 0 Å². The Bertz CT molecular complexity index is 465. The third kappa shape index (κ3) is 2.75. The highest BCUT2D eigenvalue weighted by Gasteiger charge is 2.40. The monoisotopic (exact) mass is 286 g/mol. The van der Waals surface area contributed by atoms with Gasteiger partial charge in [0.15, 0.2) is 0 Å². The van der Waals surface area contributed by atoms with Crippen molar-refractivity contribution in [3.05, 3.63) is 35.9 Å². The van der Waals surface area contributed by atoms with Gasteiger partial charge in [-0.25, -0.2) is 0 Å². The number of likely N-dealkylation sites (tertiary alicyclic amines) is 1. The molecule has 2 aliphatic heterocycles. The molecule has 3 heteroatoms. The lowest BCUT2D eigenvalue weighted by Crippen LogP contribution is -2.56. The van der Waals surface area contributed by atoms with Gasteiger partial charge >= 0.3 is 0 Å². The molecule has 2 bridgehead atoms. The molecule has 1 saturated carbocycles. The van der Waals surface area contributed by atoms with Crippen molar-refractivity contribution in [1.82, 2.24) is 4.90 Å². The number of hydrogen-bond donors (Lipinski definition) is 1. The summed E-state index contributed by atoms with van der Waals surface area (Å²) in [7, 11) is 0. The van der Waals surface area contributed by atoms with E-state index in [4.69, 9.17) is 10.5 Å². The Morgan fingerprint density at radius 3 is 2.38 bits per heavy atom. The molecule has 2 saturated heterocycles. The molecule has 2 heterocycles. The van der Waals surface area contributed by atoms with Crippen LogP contribution in [0.15, 0.2) is 30.3 Å². The second-order valence-corrected chi connectivity index (χ2v) is 7.06. The fourth-order valence-electron chi connectivity index (χ4n) is 4.54. The van der Waals surface area contributed by atoms with Crippen molar-refractivity contribution < 1.29 is 4.74 Å². The molecule has 114 valence electrons. The summed E-state index contributed by atoms with van der Waals surface area (Å²) in [5.41, 5.74) is 7.97. The van der Waals surface area contributed by atoms with Crippen LogP contribution in [0.2, 0.25) is 0 Å². The molecule has 1 aliphatic carbocycles. The van der Waals surface area contributed by atoms with E-state index in [0.29, 0.717) is 30.2 Å². The Labute approximate surface area is 127 Å². The summed E-state index contributed by atoms with van der Waals surface area (Å²) in [6.45, 7) is 2.19. The van der Waals surface area contributed by atoms with E-state index in [-0.39, 0.29) is 0 Å². The zero-order valence-electron chi connectivity index (χ0n) is 12.7. The zero-order chi connectivity index (χ0) is 14.2. The average molecular weight is 286 g/mol. The van der Waals surface area contributed by atoms with Gasteiger partial charge in [0.2, 0.25) is 0 Å². The lowest BCUT2D eigenvalue weighted by molar-refractivity contribution is -0.0611. The lowest BCUT2D eigenvalue weighted by Gasteiger charge is -2.44. The quantitative estimate of drug-likeness (QED) is 0.908. The van der Waals surface area contributed by atoms with Crippen LogP contribution >= 0.6 is 0 Å². The highest BCUT2D eigenvalue weighted by Crippen LogP contribution is 2.37. The molecule has 3 nitrogen and oxygen atoms in total. The molecule has 5 atom stereocenters. The normalized spacial score (nSPS) is 40.3. The summed E-state index contributed by atoms with van der Waals surface area (Å²) < 4.78 is 5.98. The fraction of sp³-hybridized carbons (Fsp3) is 0.667. The van der Waals surface area contributed by atoms with Crippen molar-refractivity contribution in [2.75, 3.05) is 13.1 Å². The summed E-state index contributed by atoms with van der Waals surface area (Å²) in [6, 6.07) is 11.9. The first-order chi connectivity index (χ1) is 10.3. The molecule has 2 N–H and O–H groups in total. The van der Waals surface area contributed by atoms with Crippen molar-refractivity contribution in [2.24, 2.45) is 5.73 Å². The van der Waals surface area contributed by atoms with Gasteiger partial charge in [-0.1, -0.05) is 30.3 Å². The van der Waals surface area contributed by atoms with Crippen LogP contribution < -0.4 is 5.73 Å². The number of nitrogens with two attached hydrogens (primary N) is 1. The van der Waals surface area contributed by atoms with Gasteiger partial charge < -0.3 is 10.5 Å². The fourth-order valence-corrected chi connectivity index (χ4v) is 4.54. The van der Waals surface area contributed by atoms with Crippen LogP contribution in [-0.4, -0.2) is 42.3 Å². The number of rotatable bonds is 2. The maximum absolute atomic E-state index is 6.48. The van der Waals surface area contributed by atoms with E-state index in [0.717, 1.165) is 19.5 Å². The topological polar surface area (TPSA) is 38.5 Å². The molecular formula is C18H26N2O. The predicted molar refractivity (Wildman–Crippen MR) is 84.3 cm³/mol. The first-order valence-electron chi connectivity index (χ1n) is 8.49. The summed E-state index contributed by atoms with van der Waals surface area (Å²) in [6.07, 6.45) is 7.01. The Hall–Kier alpha value is -0.900. The van der Waals surface area contributed by atoms with Crippen LogP contribution in [0.4, 0.5) is 0 Å². The highest BCUT2D eigenvalue weighted by atomic mass is 16.5. The van der Waals surface area contributed by atoms with Crippen molar-refractivity contribution >= 4 is 0 Å². The number of morpholine rings is 1. The molecule has 5 unspecified atom stereocenters. The minimum atomic E-state index is 0.336. The molecule has 0 spiro atoms. The third-order valence-electron chi connectivity index (χ3n) is 5.68. The van der Waals surface area contributed by atoms with Gasteiger partial charge in [0, 0.05) is 25.2 Å². The van der Waals surface area contributed by atoms with Gasteiger partial charge in [0.05, 0.1) is 12.2 Å². The Balaban J connectivity index is 1.48. The second kappa shape index (κ2) is 5.71. The number of benzene rings is 1. The van der Waals surface area contributed by atoms with E-state index in [1.165, 1.54) is 31.2 Å². The third-order valence-corrected chi connectivity index (χ3v) is 5.68. The largest absolute Gasteiger partial charge is 0.372 e. The van der Waals surface area contributed by atoms with Gasteiger partial charge in [-0.05, 0) is 43.6 Å². The molecule has 4 rings (SSSR count). The standard InChI is InChI=1S/C18H26N2O/c19-17-9-6-14(13-4-2-1-3-5-13)10-18(17)20-11-15-7-8-16(12-20)21-15/h1-5,14-18H,6-12,19H2. The Morgan fingerprint density at radius 2 is 1.67 bits per heavy atom. The molecule has 3 aliphatic rings. The van der Waals surface area contributed by atoms with Crippen molar-refractivity contribution in [1.29, 1.82) is 0 Å². The molecule has 0 amide bonds. The molecule has 1 aromatic carbocycles. The van der Waals surface area contributed by atoms with Crippen LogP contribution in [0.1, 0.15) is 43.6 Å². The number of hydrogen-bond acceptors (Lipinski definition) is 3. The van der Waals surface area contributed by atoms with Crippen LogP contribution in [0.3, 0.4) is 0 Å². The van der Waals surface area contributed by atoms with E-state index >= 15 is 0 Å². The number of nitrogens with zero attached hydrogens (tertiary/aromatic N) is 1. The molecule has 21 heavy (non-hydrogen) atoms. The lowest BCUT2D eigenvalue weighted by atomic mass is 9.78. The Kier molecular flexibility index (Phi) is 3.74. The smallest absolute Gasteiger partial charge is 0.0707 e. The average Bonchev–Trinajstić information content (AvgIpc) is 2.87. The molecular weight excluding hydrogens is 260 g/mol. The highest BCUT2D eigenvalue weighted by molar-refractivity contribution is 5.21. The summed E-state index contributed by atoms with van der Waals surface area (Å²) >= 11 is 0. The zero-order valence-corrected chi connectivity index (χ0v) is 12.7. The van der Waals surface area contributed by atoms with Crippen molar-refractivity contribution in [2.45, 2.75) is 62.3 Å². The van der Waals surface area contributed by atoms with Crippen molar-refractivity contribution in [3.63, 3.8) is 0 Å². The van der Waals surface area contributed by atoms with Gasteiger partial charge in [-0.15, -0.1) is 0 Å².